The van der Waals surface area contributed by atoms with Crippen LogP contribution in [0.4, 0.5) is 0 Å². The summed E-state index contributed by atoms with van der Waals surface area (Å²) in [5.41, 5.74) is 2.53. The second kappa shape index (κ2) is 7.28. The molecule has 3 nitrogen and oxygen atoms in total. The van der Waals surface area contributed by atoms with Crippen molar-refractivity contribution in [1.29, 1.82) is 0 Å². The van der Waals surface area contributed by atoms with Gasteiger partial charge in [0.25, 0.3) is 0 Å². The highest BCUT2D eigenvalue weighted by Crippen LogP contribution is 2.66. The van der Waals surface area contributed by atoms with E-state index in [1.165, 1.54) is 11.1 Å². The Labute approximate surface area is 149 Å². The largest absolute Gasteiger partial charge is 0.393 e. The molecule has 0 amide bonds. The van der Waals surface area contributed by atoms with E-state index >= 15 is 0 Å². The van der Waals surface area contributed by atoms with Gasteiger partial charge in [-0.25, -0.2) is 0 Å². The molecule has 0 heterocycles. The van der Waals surface area contributed by atoms with Gasteiger partial charge < -0.3 is 14.6 Å². The Morgan fingerprint density at radius 1 is 0.880 bits per heavy atom. The van der Waals surface area contributed by atoms with E-state index in [1.54, 1.807) is 0 Å². The zero-order valence-corrected chi connectivity index (χ0v) is 14.5. The monoisotopic (exact) mass is 338 g/mol. The molecule has 2 saturated carbocycles. The second-order valence-corrected chi connectivity index (χ2v) is 7.52. The summed E-state index contributed by atoms with van der Waals surface area (Å²) in [6.45, 7) is 2.71. The van der Waals surface area contributed by atoms with Crippen molar-refractivity contribution in [3.8, 4) is 0 Å². The van der Waals surface area contributed by atoms with Crippen molar-refractivity contribution in [2.75, 3.05) is 13.2 Å². The fourth-order valence-corrected chi connectivity index (χ4v) is 4.37. The second-order valence-electron chi connectivity index (χ2n) is 7.52. The number of fused-ring (bicyclic) bond motifs is 1. The summed E-state index contributed by atoms with van der Waals surface area (Å²) in [6, 6.07) is 20.5. The first-order valence-electron chi connectivity index (χ1n) is 9.19. The van der Waals surface area contributed by atoms with Crippen LogP contribution in [0.15, 0.2) is 60.7 Å². The van der Waals surface area contributed by atoms with Crippen LogP contribution in [0.3, 0.4) is 0 Å². The molecule has 2 aromatic rings. The molecule has 2 aromatic carbocycles. The van der Waals surface area contributed by atoms with Crippen LogP contribution in [-0.4, -0.2) is 24.4 Å². The molecule has 4 rings (SSSR count). The highest BCUT2D eigenvalue weighted by Gasteiger charge is 2.66. The van der Waals surface area contributed by atoms with Gasteiger partial charge in [-0.1, -0.05) is 60.7 Å². The van der Waals surface area contributed by atoms with Crippen molar-refractivity contribution >= 4 is 0 Å². The Morgan fingerprint density at radius 3 is 2.08 bits per heavy atom. The summed E-state index contributed by atoms with van der Waals surface area (Å²) in [7, 11) is 0. The summed E-state index contributed by atoms with van der Waals surface area (Å²) in [6.07, 6.45) is 1.72. The molecule has 0 saturated heterocycles. The lowest BCUT2D eigenvalue weighted by Gasteiger charge is -2.23. The molecule has 0 radical (unpaired) electrons. The van der Waals surface area contributed by atoms with Gasteiger partial charge in [0.1, 0.15) is 0 Å². The predicted octanol–water partition coefficient (Wildman–Crippen LogP) is 3.81. The van der Waals surface area contributed by atoms with Crippen molar-refractivity contribution in [2.24, 2.45) is 17.3 Å². The molecule has 0 aliphatic heterocycles. The molecule has 132 valence electrons. The van der Waals surface area contributed by atoms with Gasteiger partial charge in [-0.05, 0) is 35.8 Å². The number of rotatable bonds is 8. The number of aliphatic hydroxyl groups excluding tert-OH is 1. The van der Waals surface area contributed by atoms with Crippen molar-refractivity contribution in [1.82, 2.24) is 0 Å². The average molecular weight is 338 g/mol. The Bertz CT molecular complexity index is 672. The van der Waals surface area contributed by atoms with Crippen LogP contribution < -0.4 is 0 Å². The van der Waals surface area contributed by atoms with Crippen LogP contribution >= 0.6 is 0 Å². The maximum Gasteiger partial charge on any atom is 0.0717 e. The topological polar surface area (TPSA) is 38.7 Å². The zero-order valence-electron chi connectivity index (χ0n) is 14.5. The Morgan fingerprint density at radius 2 is 1.48 bits per heavy atom. The predicted molar refractivity (Wildman–Crippen MR) is 96.8 cm³/mol. The maximum atomic E-state index is 10.3. The highest BCUT2D eigenvalue weighted by molar-refractivity contribution is 5.17. The van der Waals surface area contributed by atoms with E-state index in [9.17, 15) is 5.11 Å². The normalized spacial score (nSPS) is 30.2. The average Bonchev–Trinajstić information content (AvgIpc) is 3.32. The summed E-state index contributed by atoms with van der Waals surface area (Å²) in [5.74, 6) is 0.792. The quantitative estimate of drug-likeness (QED) is 0.795. The van der Waals surface area contributed by atoms with Crippen LogP contribution in [0.5, 0.6) is 0 Å². The summed E-state index contributed by atoms with van der Waals surface area (Å²) >= 11 is 0. The van der Waals surface area contributed by atoms with Gasteiger partial charge in [0.15, 0.2) is 0 Å². The highest BCUT2D eigenvalue weighted by atomic mass is 16.5. The minimum absolute atomic E-state index is 0.130. The fraction of sp³-hybridized carbons (Fsp3) is 0.455. The van der Waals surface area contributed by atoms with Gasteiger partial charge in [-0.15, -0.1) is 0 Å². The minimum Gasteiger partial charge on any atom is -0.393 e. The standard InChI is InChI=1S/C22H26O3/c23-21-11-19(15-24-13-17-7-3-1-4-8-17)22(12-20(21)22)16-25-14-18-9-5-2-6-10-18/h1-10,19-21,23H,11-16H2/t19-,20-,21-,22-/m1/s1. The lowest BCUT2D eigenvalue weighted by Crippen LogP contribution is -2.24. The molecule has 0 unspecified atom stereocenters. The van der Waals surface area contributed by atoms with Gasteiger partial charge in [0, 0.05) is 5.41 Å². The molecular weight excluding hydrogens is 312 g/mol. The van der Waals surface area contributed by atoms with E-state index in [0.29, 0.717) is 31.7 Å². The van der Waals surface area contributed by atoms with Gasteiger partial charge >= 0.3 is 0 Å². The number of ether oxygens (including phenoxy) is 2. The molecule has 2 fully saturated rings. The molecule has 0 aromatic heterocycles. The summed E-state index contributed by atoms with van der Waals surface area (Å²) in [5, 5.41) is 10.3. The molecule has 4 atom stereocenters. The number of aliphatic hydroxyl groups is 1. The van der Waals surface area contributed by atoms with E-state index in [-0.39, 0.29) is 11.5 Å². The third-order valence-electron chi connectivity index (χ3n) is 5.89. The minimum atomic E-state index is -0.189. The first kappa shape index (κ1) is 16.8. The van der Waals surface area contributed by atoms with Gasteiger partial charge in [0.2, 0.25) is 0 Å². The first-order chi connectivity index (χ1) is 12.3. The van der Waals surface area contributed by atoms with Crippen LogP contribution in [0.25, 0.3) is 0 Å². The Kier molecular flexibility index (Phi) is 4.89. The Balaban J connectivity index is 1.29. The van der Waals surface area contributed by atoms with Crippen molar-refractivity contribution < 1.29 is 14.6 Å². The summed E-state index contributed by atoms with van der Waals surface area (Å²) in [4.78, 5) is 0. The van der Waals surface area contributed by atoms with E-state index in [1.807, 2.05) is 36.4 Å². The van der Waals surface area contributed by atoms with E-state index in [2.05, 4.69) is 24.3 Å². The van der Waals surface area contributed by atoms with Crippen LogP contribution in [-0.2, 0) is 22.7 Å². The third kappa shape index (κ3) is 3.64. The summed E-state index contributed by atoms with van der Waals surface area (Å²) < 4.78 is 12.0. The lowest BCUT2D eigenvalue weighted by atomic mass is 9.91. The van der Waals surface area contributed by atoms with Gasteiger partial charge in [0.05, 0.1) is 32.5 Å². The maximum absolute atomic E-state index is 10.3. The SMILES string of the molecule is O[C@@H]1C[C@H](COCc2ccccc2)[C@]2(COCc3ccccc3)C[C@H]12. The number of hydrogen-bond acceptors (Lipinski definition) is 3. The lowest BCUT2D eigenvalue weighted by molar-refractivity contribution is 0.0146. The van der Waals surface area contributed by atoms with Crippen LogP contribution in [0, 0.1) is 17.3 Å². The van der Waals surface area contributed by atoms with Gasteiger partial charge in [-0.3, -0.25) is 0 Å². The number of benzene rings is 2. The van der Waals surface area contributed by atoms with E-state index < -0.39 is 0 Å². The Hall–Kier alpha value is -1.68. The molecular formula is C22H26O3. The third-order valence-corrected chi connectivity index (χ3v) is 5.89. The molecule has 2 aliphatic rings. The molecule has 1 N–H and O–H groups in total. The molecule has 3 heteroatoms. The van der Waals surface area contributed by atoms with E-state index in [4.69, 9.17) is 9.47 Å². The van der Waals surface area contributed by atoms with Crippen LogP contribution in [0.2, 0.25) is 0 Å². The zero-order chi connectivity index (χ0) is 17.1. The van der Waals surface area contributed by atoms with Crippen molar-refractivity contribution in [3.63, 3.8) is 0 Å². The van der Waals surface area contributed by atoms with Gasteiger partial charge in [-0.2, -0.15) is 0 Å². The van der Waals surface area contributed by atoms with E-state index in [0.717, 1.165) is 19.4 Å². The number of hydrogen-bond donors (Lipinski definition) is 1. The molecule has 2 aliphatic carbocycles. The van der Waals surface area contributed by atoms with Crippen molar-refractivity contribution in [3.05, 3.63) is 71.8 Å². The molecule has 25 heavy (non-hydrogen) atoms. The fourth-order valence-electron chi connectivity index (χ4n) is 4.37. The molecule has 0 bridgehead atoms. The first-order valence-corrected chi connectivity index (χ1v) is 9.19. The molecule has 0 spiro atoms. The smallest absolute Gasteiger partial charge is 0.0717 e. The van der Waals surface area contributed by atoms with Crippen molar-refractivity contribution in [2.45, 2.75) is 32.2 Å². The van der Waals surface area contributed by atoms with Crippen LogP contribution in [0.1, 0.15) is 24.0 Å².